The predicted octanol–water partition coefficient (Wildman–Crippen LogP) is 2.93. The van der Waals surface area contributed by atoms with E-state index in [1.165, 1.54) is 11.3 Å². The van der Waals surface area contributed by atoms with Crippen molar-refractivity contribution in [3.63, 3.8) is 0 Å². The Kier molecular flexibility index (Phi) is 4.12. The van der Waals surface area contributed by atoms with Gasteiger partial charge in [0.2, 0.25) is 0 Å². The Labute approximate surface area is 166 Å². The molecule has 0 N–H and O–H groups in total. The van der Waals surface area contributed by atoms with E-state index in [0.29, 0.717) is 25.6 Å². The molecular formula is C21H20N4O2S. The Morgan fingerprint density at radius 1 is 1.21 bits per heavy atom. The Morgan fingerprint density at radius 2 is 2.11 bits per heavy atom. The minimum atomic E-state index is 0.0316. The molecule has 7 heteroatoms. The van der Waals surface area contributed by atoms with Crippen molar-refractivity contribution in [3.05, 3.63) is 68.8 Å². The second-order valence-electron chi connectivity index (χ2n) is 7.64. The molecule has 0 aliphatic carbocycles. The van der Waals surface area contributed by atoms with E-state index in [9.17, 15) is 9.59 Å². The van der Waals surface area contributed by atoms with Gasteiger partial charge in [0.25, 0.3) is 11.5 Å². The van der Waals surface area contributed by atoms with E-state index in [2.05, 4.69) is 16.0 Å². The molecule has 1 fully saturated rings. The van der Waals surface area contributed by atoms with Crippen LogP contribution in [0.25, 0.3) is 11.1 Å². The highest BCUT2D eigenvalue weighted by atomic mass is 32.1. The molecule has 3 aromatic rings. The van der Waals surface area contributed by atoms with Crippen LogP contribution < -0.4 is 5.56 Å². The molecule has 0 unspecified atom stereocenters. The number of hydrogen-bond acceptors (Lipinski definition) is 5. The smallest absolute Gasteiger partial charge is 0.265 e. The molecule has 1 saturated heterocycles. The van der Waals surface area contributed by atoms with Gasteiger partial charge in [-0.1, -0.05) is 6.07 Å². The van der Waals surface area contributed by atoms with Gasteiger partial charge in [0.15, 0.2) is 0 Å². The minimum Gasteiger partial charge on any atom is -0.337 e. The normalized spacial score (nSPS) is 20.7. The zero-order chi connectivity index (χ0) is 19.3. The number of piperidine rings is 1. The summed E-state index contributed by atoms with van der Waals surface area (Å²) in [5.41, 5.74) is 5.41. The van der Waals surface area contributed by atoms with E-state index in [1.807, 2.05) is 28.5 Å². The Balaban J connectivity index is 1.50. The van der Waals surface area contributed by atoms with Crippen LogP contribution in [0.15, 0.2) is 47.0 Å². The maximum atomic E-state index is 13.0. The highest BCUT2D eigenvalue weighted by Gasteiger charge is 2.37. The van der Waals surface area contributed by atoms with Gasteiger partial charge in [-0.15, -0.1) is 11.3 Å². The van der Waals surface area contributed by atoms with E-state index < -0.39 is 0 Å². The molecule has 2 aliphatic rings. The van der Waals surface area contributed by atoms with E-state index in [-0.39, 0.29) is 17.4 Å². The third kappa shape index (κ3) is 2.86. The minimum absolute atomic E-state index is 0.0316. The second kappa shape index (κ2) is 6.67. The summed E-state index contributed by atoms with van der Waals surface area (Å²) < 4.78 is 1.90. The largest absolute Gasteiger partial charge is 0.337 e. The number of nitrogens with zero attached hydrogens (tertiary/aromatic N) is 4. The number of aryl methyl sites for hydroxylation is 1. The van der Waals surface area contributed by atoms with Gasteiger partial charge in [-0.2, -0.15) is 0 Å². The summed E-state index contributed by atoms with van der Waals surface area (Å²) >= 11 is 1.40. The Bertz CT molecular complexity index is 1110. The molecule has 0 aromatic carbocycles. The summed E-state index contributed by atoms with van der Waals surface area (Å²) in [7, 11) is 0. The van der Waals surface area contributed by atoms with Crippen molar-refractivity contribution in [2.24, 2.45) is 5.92 Å². The molecule has 2 bridgehead atoms. The van der Waals surface area contributed by atoms with Gasteiger partial charge in [0, 0.05) is 55.3 Å². The number of aromatic nitrogens is 3. The van der Waals surface area contributed by atoms with Crippen molar-refractivity contribution in [3.8, 4) is 11.1 Å². The van der Waals surface area contributed by atoms with E-state index in [4.69, 9.17) is 0 Å². The van der Waals surface area contributed by atoms with Crippen LogP contribution in [-0.2, 0) is 6.54 Å². The summed E-state index contributed by atoms with van der Waals surface area (Å²) in [5, 5.41) is 0. The molecule has 0 saturated carbocycles. The van der Waals surface area contributed by atoms with Gasteiger partial charge in [-0.25, -0.2) is 4.98 Å². The molecule has 2 aliphatic heterocycles. The maximum Gasteiger partial charge on any atom is 0.265 e. The van der Waals surface area contributed by atoms with Crippen LogP contribution >= 0.6 is 11.3 Å². The zero-order valence-electron chi connectivity index (χ0n) is 15.5. The fraction of sp³-hybridized carbons (Fsp3) is 0.333. The first kappa shape index (κ1) is 17.3. The molecule has 28 heavy (non-hydrogen) atoms. The fourth-order valence-electron chi connectivity index (χ4n) is 4.48. The van der Waals surface area contributed by atoms with Gasteiger partial charge in [-0.05, 0) is 37.0 Å². The van der Waals surface area contributed by atoms with Crippen LogP contribution in [0, 0.1) is 12.8 Å². The van der Waals surface area contributed by atoms with Gasteiger partial charge >= 0.3 is 0 Å². The number of hydrogen-bond donors (Lipinski definition) is 0. The number of rotatable bonds is 2. The first-order chi connectivity index (χ1) is 13.6. The van der Waals surface area contributed by atoms with Crippen molar-refractivity contribution < 1.29 is 4.79 Å². The topological polar surface area (TPSA) is 68.1 Å². The predicted molar refractivity (Wildman–Crippen MR) is 108 cm³/mol. The SMILES string of the molecule is Cc1ncsc1C(=O)N1C[C@@H]2C[C@H](C1)c1cc(-c3cccnc3)cc(=O)n1C2. The van der Waals surface area contributed by atoms with Crippen LogP contribution in [0.5, 0.6) is 0 Å². The van der Waals surface area contributed by atoms with Crippen molar-refractivity contribution >= 4 is 17.2 Å². The molecule has 5 heterocycles. The Morgan fingerprint density at radius 3 is 2.86 bits per heavy atom. The van der Waals surface area contributed by atoms with Gasteiger partial charge in [0.1, 0.15) is 4.88 Å². The van der Waals surface area contributed by atoms with Gasteiger partial charge < -0.3 is 9.47 Å². The first-order valence-corrected chi connectivity index (χ1v) is 10.3. The van der Waals surface area contributed by atoms with Crippen LogP contribution in [0.2, 0.25) is 0 Å². The highest BCUT2D eigenvalue weighted by Crippen LogP contribution is 2.37. The van der Waals surface area contributed by atoms with Crippen molar-refractivity contribution in [2.75, 3.05) is 13.1 Å². The molecule has 2 atom stereocenters. The summed E-state index contributed by atoms with van der Waals surface area (Å²) in [6.45, 7) is 3.89. The highest BCUT2D eigenvalue weighted by molar-refractivity contribution is 7.11. The standard InChI is InChI=1S/C21H20N4O2S/c1-13-20(28-12-23-13)21(27)24-9-14-5-17(11-24)18-6-16(7-19(26)25(18)10-14)15-3-2-4-22-8-15/h2-4,6-8,12,14,17H,5,9-11H2,1H3/t14-,17+/m0/s1. The van der Waals surface area contributed by atoms with Crippen molar-refractivity contribution in [2.45, 2.75) is 25.8 Å². The number of carbonyl (C=O) groups excluding carboxylic acids is 1. The number of likely N-dealkylation sites (tertiary alicyclic amines) is 1. The first-order valence-electron chi connectivity index (χ1n) is 9.44. The maximum absolute atomic E-state index is 13.0. The van der Waals surface area contributed by atoms with Crippen LogP contribution in [0.1, 0.15) is 33.4 Å². The van der Waals surface area contributed by atoms with Crippen LogP contribution in [0.3, 0.4) is 0 Å². The summed E-state index contributed by atoms with van der Waals surface area (Å²) in [6, 6.07) is 7.64. The third-order valence-corrected chi connectivity index (χ3v) is 6.69. The van der Waals surface area contributed by atoms with E-state index >= 15 is 0 Å². The molecular weight excluding hydrogens is 372 g/mol. The molecule has 0 radical (unpaired) electrons. The van der Waals surface area contributed by atoms with E-state index in [0.717, 1.165) is 33.8 Å². The van der Waals surface area contributed by atoms with Gasteiger partial charge in [0.05, 0.1) is 11.2 Å². The molecule has 142 valence electrons. The average molecular weight is 392 g/mol. The summed E-state index contributed by atoms with van der Waals surface area (Å²) in [6.07, 6.45) is 4.52. The van der Waals surface area contributed by atoms with Crippen LogP contribution in [-0.4, -0.2) is 38.4 Å². The lowest BCUT2D eigenvalue weighted by Gasteiger charge is -2.42. The molecule has 6 nitrogen and oxygen atoms in total. The molecule has 1 amide bonds. The lowest BCUT2D eigenvalue weighted by molar-refractivity contribution is 0.0598. The zero-order valence-corrected chi connectivity index (χ0v) is 16.4. The second-order valence-corrected chi connectivity index (χ2v) is 8.49. The monoisotopic (exact) mass is 392 g/mol. The fourth-order valence-corrected chi connectivity index (χ4v) is 5.25. The lowest BCUT2D eigenvalue weighted by Crippen LogP contribution is -2.49. The summed E-state index contributed by atoms with van der Waals surface area (Å²) in [5.74, 6) is 0.549. The molecule has 5 rings (SSSR count). The number of thiazole rings is 1. The summed E-state index contributed by atoms with van der Waals surface area (Å²) in [4.78, 5) is 36.9. The van der Waals surface area contributed by atoms with Crippen LogP contribution in [0.4, 0.5) is 0 Å². The number of carbonyl (C=O) groups is 1. The van der Waals surface area contributed by atoms with Crippen molar-refractivity contribution in [1.29, 1.82) is 0 Å². The van der Waals surface area contributed by atoms with Gasteiger partial charge in [-0.3, -0.25) is 14.6 Å². The molecule has 0 spiro atoms. The van der Waals surface area contributed by atoms with E-state index in [1.54, 1.807) is 24.0 Å². The number of pyridine rings is 2. The van der Waals surface area contributed by atoms with Crippen molar-refractivity contribution in [1.82, 2.24) is 19.4 Å². The quantitative estimate of drug-likeness (QED) is 0.672. The average Bonchev–Trinajstić information content (AvgIpc) is 3.14. The Hall–Kier alpha value is -2.80. The lowest BCUT2D eigenvalue weighted by atomic mass is 9.82. The number of fused-ring (bicyclic) bond motifs is 4. The molecule has 3 aromatic heterocycles. The third-order valence-electron chi connectivity index (χ3n) is 5.78. The number of amides is 1.